The van der Waals surface area contributed by atoms with Crippen molar-refractivity contribution in [1.29, 1.82) is 0 Å². The van der Waals surface area contributed by atoms with Gasteiger partial charge in [-0.2, -0.15) is 0 Å². The Kier molecular flexibility index (Phi) is 7.11. The lowest BCUT2D eigenvalue weighted by molar-refractivity contribution is -0.0399. The van der Waals surface area contributed by atoms with E-state index in [1.807, 2.05) is 18.2 Å². The zero-order chi connectivity index (χ0) is 36.8. The van der Waals surface area contributed by atoms with Crippen LogP contribution < -0.4 is 0 Å². The van der Waals surface area contributed by atoms with Gasteiger partial charge in [0.1, 0.15) is 0 Å². The second-order valence-electron chi connectivity index (χ2n) is 16.8. The summed E-state index contributed by atoms with van der Waals surface area (Å²) in [6.07, 6.45) is 7.07. The lowest BCUT2D eigenvalue weighted by Gasteiger charge is -2.61. The SMILES string of the molecule is c1ccc(-c2nc(-c3ccccc3-c3ccccc3)nc(-c3ccc(-c4ccc5c(c4)-c4ccccc4C54C5CC6CC(C5)CC4C6)c4ccccc34)n2)cc1. The highest BCUT2D eigenvalue weighted by atomic mass is 15.0. The standard InChI is InChI=1S/C53H41N3/c1-3-13-35(14-4-1)40-17-7-10-21-45(40)51-54-50(36-15-5-2-6-16-36)55-52(56-51)46-25-24-41(42-18-8-9-19-43(42)46)37-23-26-49-47(32-37)44-20-11-12-22-48(44)53(49)38-28-33-27-34(30-38)31-39(53)29-33/h1-26,32-34,38-39H,27-31H2. The van der Waals surface area contributed by atoms with Crippen molar-refractivity contribution < 1.29 is 0 Å². The lowest BCUT2D eigenvalue weighted by atomic mass is 9.43. The molecule has 1 aromatic heterocycles. The topological polar surface area (TPSA) is 38.7 Å². The molecule has 1 spiro atoms. The average molecular weight is 720 g/mol. The molecule has 4 saturated carbocycles. The first-order valence-corrected chi connectivity index (χ1v) is 20.5. The van der Waals surface area contributed by atoms with Crippen LogP contribution in [0.5, 0.6) is 0 Å². The second kappa shape index (κ2) is 12.4. The van der Waals surface area contributed by atoms with E-state index in [-0.39, 0.29) is 5.41 Å². The van der Waals surface area contributed by atoms with E-state index in [1.54, 1.807) is 11.1 Å². The number of rotatable bonds is 5. The first-order valence-electron chi connectivity index (χ1n) is 20.5. The first-order chi connectivity index (χ1) is 27.7. The van der Waals surface area contributed by atoms with Gasteiger partial charge in [0.2, 0.25) is 0 Å². The number of benzene rings is 7. The number of aromatic nitrogens is 3. The fourth-order valence-electron chi connectivity index (χ4n) is 12.0. The summed E-state index contributed by atoms with van der Waals surface area (Å²) in [5, 5.41) is 2.34. The van der Waals surface area contributed by atoms with Crippen LogP contribution in [0.25, 0.3) is 78.3 Å². The van der Waals surface area contributed by atoms with E-state index in [1.165, 1.54) is 59.7 Å². The van der Waals surface area contributed by atoms with Crippen LogP contribution in [0.15, 0.2) is 164 Å². The molecule has 4 bridgehead atoms. The van der Waals surface area contributed by atoms with Crippen molar-refractivity contribution in [2.75, 3.05) is 0 Å². The van der Waals surface area contributed by atoms with E-state index in [0.29, 0.717) is 17.5 Å². The zero-order valence-electron chi connectivity index (χ0n) is 31.3. The van der Waals surface area contributed by atoms with Crippen LogP contribution in [0.1, 0.15) is 43.2 Å². The van der Waals surface area contributed by atoms with Crippen LogP contribution >= 0.6 is 0 Å². The molecule has 3 nitrogen and oxygen atoms in total. The van der Waals surface area contributed by atoms with Crippen molar-refractivity contribution in [2.24, 2.45) is 23.7 Å². The smallest absolute Gasteiger partial charge is 0.164 e. The number of fused-ring (bicyclic) bond motifs is 4. The minimum absolute atomic E-state index is 0.176. The molecule has 0 N–H and O–H groups in total. The number of nitrogens with zero attached hydrogens (tertiary/aromatic N) is 3. The fourth-order valence-corrected chi connectivity index (χ4v) is 12.0. The summed E-state index contributed by atoms with van der Waals surface area (Å²) in [5.74, 6) is 5.40. The third-order valence-electron chi connectivity index (χ3n) is 14.0. The molecule has 0 unspecified atom stereocenters. The van der Waals surface area contributed by atoms with Crippen molar-refractivity contribution in [3.05, 3.63) is 175 Å². The molecule has 5 aliphatic carbocycles. The largest absolute Gasteiger partial charge is 0.208 e. The summed E-state index contributed by atoms with van der Waals surface area (Å²) in [6.45, 7) is 0. The summed E-state index contributed by atoms with van der Waals surface area (Å²) in [7, 11) is 0. The van der Waals surface area contributed by atoms with E-state index in [9.17, 15) is 0 Å². The Balaban J connectivity index is 1.02. The van der Waals surface area contributed by atoms with Gasteiger partial charge in [-0.1, -0.05) is 152 Å². The van der Waals surface area contributed by atoms with Gasteiger partial charge in [0.15, 0.2) is 17.5 Å². The third kappa shape index (κ3) is 4.73. The average Bonchev–Trinajstić information content (AvgIpc) is 3.55. The van der Waals surface area contributed by atoms with Gasteiger partial charge in [0.05, 0.1) is 0 Å². The van der Waals surface area contributed by atoms with E-state index < -0.39 is 0 Å². The van der Waals surface area contributed by atoms with Crippen LogP contribution in [-0.4, -0.2) is 15.0 Å². The summed E-state index contributed by atoms with van der Waals surface area (Å²) in [4.78, 5) is 15.6. The van der Waals surface area contributed by atoms with E-state index in [2.05, 4.69) is 146 Å². The number of hydrogen-bond donors (Lipinski definition) is 0. The Morgan fingerprint density at radius 1 is 0.339 bits per heavy atom. The monoisotopic (exact) mass is 719 g/mol. The van der Waals surface area contributed by atoms with Gasteiger partial charge >= 0.3 is 0 Å². The minimum Gasteiger partial charge on any atom is -0.208 e. The first kappa shape index (κ1) is 32.1. The Morgan fingerprint density at radius 2 is 0.857 bits per heavy atom. The molecule has 0 radical (unpaired) electrons. The molecular formula is C53H41N3. The summed E-state index contributed by atoms with van der Waals surface area (Å²) in [5.41, 5.74) is 14.0. The minimum atomic E-state index is 0.176. The van der Waals surface area contributed by atoms with Crippen molar-refractivity contribution >= 4 is 10.8 Å². The van der Waals surface area contributed by atoms with Crippen LogP contribution in [0.4, 0.5) is 0 Å². The summed E-state index contributed by atoms with van der Waals surface area (Å²) < 4.78 is 0. The lowest BCUT2D eigenvalue weighted by Crippen LogP contribution is -2.55. The Hall–Kier alpha value is -6.19. The molecule has 13 rings (SSSR count). The predicted octanol–water partition coefficient (Wildman–Crippen LogP) is 13.1. The van der Waals surface area contributed by atoms with Crippen molar-refractivity contribution in [2.45, 2.75) is 37.5 Å². The van der Waals surface area contributed by atoms with Crippen molar-refractivity contribution in [3.8, 4) is 67.5 Å². The van der Waals surface area contributed by atoms with Crippen LogP contribution in [0.3, 0.4) is 0 Å². The third-order valence-corrected chi connectivity index (χ3v) is 14.0. The maximum absolute atomic E-state index is 5.27. The van der Waals surface area contributed by atoms with Gasteiger partial charge in [0.25, 0.3) is 0 Å². The predicted molar refractivity (Wildman–Crippen MR) is 228 cm³/mol. The molecular weight excluding hydrogens is 679 g/mol. The van der Waals surface area contributed by atoms with E-state index in [4.69, 9.17) is 15.0 Å². The Labute approximate surface area is 328 Å². The molecule has 3 heteroatoms. The molecule has 4 fully saturated rings. The van der Waals surface area contributed by atoms with E-state index >= 15 is 0 Å². The van der Waals surface area contributed by atoms with Crippen molar-refractivity contribution in [3.63, 3.8) is 0 Å². The Bertz CT molecular complexity index is 2790. The Morgan fingerprint density at radius 3 is 1.57 bits per heavy atom. The van der Waals surface area contributed by atoms with Crippen LogP contribution in [-0.2, 0) is 5.41 Å². The van der Waals surface area contributed by atoms with Gasteiger partial charge in [-0.05, 0) is 123 Å². The molecule has 56 heavy (non-hydrogen) atoms. The van der Waals surface area contributed by atoms with Gasteiger partial charge in [-0.25, -0.2) is 15.0 Å². The fraction of sp³-hybridized carbons (Fsp3) is 0.189. The molecule has 8 aromatic rings. The maximum atomic E-state index is 5.27. The molecule has 0 aliphatic heterocycles. The highest BCUT2D eigenvalue weighted by Gasteiger charge is 2.61. The normalized spacial score (nSPS) is 22.7. The highest BCUT2D eigenvalue weighted by Crippen LogP contribution is 2.69. The molecule has 268 valence electrons. The molecule has 7 aromatic carbocycles. The molecule has 0 amide bonds. The maximum Gasteiger partial charge on any atom is 0.164 e. The molecule has 1 heterocycles. The summed E-state index contributed by atoms with van der Waals surface area (Å²) in [6, 6.07) is 59.4. The van der Waals surface area contributed by atoms with Crippen molar-refractivity contribution in [1.82, 2.24) is 15.0 Å². The van der Waals surface area contributed by atoms with Gasteiger partial charge in [-0.15, -0.1) is 0 Å². The quantitative estimate of drug-likeness (QED) is 0.178. The van der Waals surface area contributed by atoms with Gasteiger partial charge in [-0.3, -0.25) is 0 Å². The van der Waals surface area contributed by atoms with Crippen LogP contribution in [0, 0.1) is 23.7 Å². The molecule has 0 atom stereocenters. The highest BCUT2D eigenvalue weighted by molar-refractivity contribution is 6.05. The second-order valence-corrected chi connectivity index (χ2v) is 16.8. The zero-order valence-corrected chi connectivity index (χ0v) is 31.3. The van der Waals surface area contributed by atoms with Gasteiger partial charge in [0, 0.05) is 22.1 Å². The summed E-state index contributed by atoms with van der Waals surface area (Å²) >= 11 is 0. The van der Waals surface area contributed by atoms with Crippen LogP contribution in [0.2, 0.25) is 0 Å². The molecule has 0 saturated heterocycles. The van der Waals surface area contributed by atoms with Gasteiger partial charge < -0.3 is 0 Å². The molecule has 5 aliphatic rings. The van der Waals surface area contributed by atoms with E-state index in [0.717, 1.165) is 56.9 Å². The number of hydrogen-bond acceptors (Lipinski definition) is 3.